The summed E-state index contributed by atoms with van der Waals surface area (Å²) in [5.41, 5.74) is 6.40. The van der Waals surface area contributed by atoms with Crippen LogP contribution in [0.25, 0.3) is 11.2 Å². The molecular weight excluding hydrogens is 262 g/mol. The molecule has 1 aliphatic heterocycles. The number of anilines is 1. The second-order valence-corrected chi connectivity index (χ2v) is 4.09. The molecule has 0 saturated carbocycles. The van der Waals surface area contributed by atoms with Crippen LogP contribution in [0.3, 0.4) is 0 Å². The number of rotatable bonds is 2. The summed E-state index contributed by atoms with van der Waals surface area (Å²) in [5.74, 6) is 0.0644. The van der Waals surface area contributed by atoms with E-state index >= 15 is 0 Å². The normalized spacial score (nSPS) is 23.9. The zero-order chi connectivity index (χ0) is 12.7. The molecule has 9 heteroatoms. The minimum atomic E-state index is -0.638. The second kappa shape index (κ2) is 4.32. The van der Waals surface area contributed by atoms with Gasteiger partial charge in [0.15, 0.2) is 23.3 Å². The van der Waals surface area contributed by atoms with Crippen molar-refractivity contribution < 1.29 is 14.6 Å². The van der Waals surface area contributed by atoms with Crippen molar-refractivity contribution in [1.82, 2.24) is 19.5 Å². The molecule has 1 saturated heterocycles. The number of fused-ring (bicyclic) bond motifs is 1. The molecule has 0 aromatic carbocycles. The first-order valence-corrected chi connectivity index (χ1v) is 5.60. The predicted molar refractivity (Wildman–Crippen MR) is 61.7 cm³/mol. The number of imidazole rings is 1. The van der Waals surface area contributed by atoms with Crippen LogP contribution in [-0.2, 0) is 9.47 Å². The lowest BCUT2D eigenvalue weighted by Crippen LogP contribution is -2.15. The summed E-state index contributed by atoms with van der Waals surface area (Å²) in [5, 5.41) is 9.14. The van der Waals surface area contributed by atoms with Gasteiger partial charge in [-0.1, -0.05) is 11.6 Å². The van der Waals surface area contributed by atoms with Gasteiger partial charge < -0.3 is 20.3 Å². The smallest absolute Gasteiger partial charge is 0.223 e. The number of nitrogens with zero attached hydrogens (tertiary/aromatic N) is 4. The Morgan fingerprint density at radius 3 is 3.11 bits per heavy atom. The largest absolute Gasteiger partial charge is 0.391 e. The van der Waals surface area contributed by atoms with Crippen molar-refractivity contribution >= 4 is 28.7 Å². The van der Waals surface area contributed by atoms with Gasteiger partial charge in [-0.3, -0.25) is 4.57 Å². The van der Waals surface area contributed by atoms with Crippen molar-refractivity contribution in [2.24, 2.45) is 0 Å². The molecule has 18 heavy (non-hydrogen) atoms. The van der Waals surface area contributed by atoms with Crippen molar-refractivity contribution in [2.75, 3.05) is 18.9 Å². The van der Waals surface area contributed by atoms with Gasteiger partial charge in [0.25, 0.3) is 0 Å². The summed E-state index contributed by atoms with van der Waals surface area (Å²) in [6.45, 7) is 0.0811. The van der Waals surface area contributed by atoms with Gasteiger partial charge in [-0.15, -0.1) is 0 Å². The van der Waals surface area contributed by atoms with E-state index in [0.717, 1.165) is 0 Å². The molecule has 96 valence electrons. The van der Waals surface area contributed by atoms with Gasteiger partial charge >= 0.3 is 0 Å². The molecule has 2 atom stereocenters. The van der Waals surface area contributed by atoms with Crippen LogP contribution in [0.5, 0.6) is 0 Å². The van der Waals surface area contributed by atoms with Crippen LogP contribution in [0, 0.1) is 0 Å². The Bertz CT molecular complexity index is 589. The predicted octanol–water partition coefficient (Wildman–Crippen LogP) is -0.0743. The summed E-state index contributed by atoms with van der Waals surface area (Å²) in [7, 11) is 0. The van der Waals surface area contributed by atoms with Crippen LogP contribution < -0.4 is 5.73 Å². The lowest BCUT2D eigenvalue weighted by atomic mass is 10.5. The van der Waals surface area contributed by atoms with E-state index in [9.17, 15) is 0 Å². The van der Waals surface area contributed by atoms with Gasteiger partial charge in [0.2, 0.25) is 5.95 Å². The lowest BCUT2D eigenvalue weighted by molar-refractivity contribution is -0.0979. The summed E-state index contributed by atoms with van der Waals surface area (Å²) in [6, 6.07) is 0. The number of halogens is 1. The molecule has 1 aliphatic rings. The first-order chi connectivity index (χ1) is 8.69. The number of aliphatic hydroxyl groups is 1. The maximum Gasteiger partial charge on any atom is 0.223 e. The fraction of sp³-hybridized carbons (Fsp3) is 0.444. The molecule has 0 aliphatic carbocycles. The highest BCUT2D eigenvalue weighted by molar-refractivity contribution is 6.33. The number of aliphatic hydroxyl groups excluding tert-OH is 1. The number of aromatic nitrogens is 4. The topological polar surface area (TPSA) is 108 Å². The van der Waals surface area contributed by atoms with Gasteiger partial charge in [0, 0.05) is 0 Å². The third-order valence-electron chi connectivity index (χ3n) is 2.60. The molecule has 0 spiro atoms. The summed E-state index contributed by atoms with van der Waals surface area (Å²) in [6.07, 6.45) is 0.469. The number of ether oxygens (including phenoxy) is 2. The SMILES string of the molecule is Nc1nc(Cl)c2c(ncn2[C@@H]2CO[C@@H](CO)O2)n1. The Morgan fingerprint density at radius 1 is 1.56 bits per heavy atom. The highest BCUT2D eigenvalue weighted by Gasteiger charge is 2.28. The van der Waals surface area contributed by atoms with Crippen molar-refractivity contribution in [3.63, 3.8) is 0 Å². The van der Waals surface area contributed by atoms with E-state index in [1.165, 1.54) is 6.33 Å². The average Bonchev–Trinajstić information content (AvgIpc) is 2.93. The monoisotopic (exact) mass is 271 g/mol. The fourth-order valence-electron chi connectivity index (χ4n) is 1.82. The van der Waals surface area contributed by atoms with E-state index in [1.54, 1.807) is 4.57 Å². The Morgan fingerprint density at radius 2 is 2.39 bits per heavy atom. The quantitative estimate of drug-likeness (QED) is 0.736. The van der Waals surface area contributed by atoms with Gasteiger partial charge in [-0.05, 0) is 0 Å². The van der Waals surface area contributed by atoms with Gasteiger partial charge in [0.1, 0.15) is 5.52 Å². The molecule has 0 radical (unpaired) electrons. The first kappa shape index (κ1) is 11.6. The molecule has 3 heterocycles. The molecule has 0 unspecified atom stereocenters. The third kappa shape index (κ3) is 1.79. The van der Waals surface area contributed by atoms with Crippen molar-refractivity contribution in [1.29, 1.82) is 0 Å². The molecule has 2 aromatic rings. The number of hydrogen-bond donors (Lipinski definition) is 2. The zero-order valence-electron chi connectivity index (χ0n) is 9.15. The maximum atomic E-state index is 8.94. The molecule has 0 bridgehead atoms. The van der Waals surface area contributed by atoms with Crippen LogP contribution in [0.1, 0.15) is 6.23 Å². The van der Waals surface area contributed by atoms with E-state index < -0.39 is 12.5 Å². The van der Waals surface area contributed by atoms with Crippen LogP contribution in [0.4, 0.5) is 5.95 Å². The van der Waals surface area contributed by atoms with Crippen molar-refractivity contribution in [3.05, 3.63) is 11.5 Å². The van der Waals surface area contributed by atoms with Crippen LogP contribution in [0.2, 0.25) is 5.15 Å². The molecule has 3 rings (SSSR count). The lowest BCUT2D eigenvalue weighted by Gasteiger charge is -2.12. The van der Waals surface area contributed by atoms with E-state index in [0.29, 0.717) is 11.2 Å². The minimum Gasteiger partial charge on any atom is -0.391 e. The average molecular weight is 272 g/mol. The highest BCUT2D eigenvalue weighted by Crippen LogP contribution is 2.28. The molecule has 0 amide bonds. The van der Waals surface area contributed by atoms with E-state index in [1.807, 2.05) is 0 Å². The number of nitrogens with two attached hydrogens (primary N) is 1. The molecular formula is C9H10ClN5O3. The van der Waals surface area contributed by atoms with Gasteiger partial charge in [-0.25, -0.2) is 4.98 Å². The van der Waals surface area contributed by atoms with Crippen LogP contribution >= 0.6 is 11.6 Å². The summed E-state index contributed by atoms with van der Waals surface area (Å²) in [4.78, 5) is 11.9. The summed E-state index contributed by atoms with van der Waals surface area (Å²) < 4.78 is 12.3. The van der Waals surface area contributed by atoms with Gasteiger partial charge in [0.05, 0.1) is 19.5 Å². The third-order valence-corrected chi connectivity index (χ3v) is 2.86. The van der Waals surface area contributed by atoms with E-state index in [-0.39, 0.29) is 24.3 Å². The van der Waals surface area contributed by atoms with Crippen LogP contribution in [-0.4, -0.2) is 44.1 Å². The van der Waals surface area contributed by atoms with Crippen molar-refractivity contribution in [3.8, 4) is 0 Å². The molecule has 2 aromatic heterocycles. The molecule has 3 N–H and O–H groups in total. The highest BCUT2D eigenvalue weighted by atomic mass is 35.5. The Labute approximate surface area is 106 Å². The zero-order valence-corrected chi connectivity index (χ0v) is 9.91. The van der Waals surface area contributed by atoms with E-state index in [4.69, 9.17) is 31.9 Å². The summed E-state index contributed by atoms with van der Waals surface area (Å²) >= 11 is 6.02. The fourth-order valence-corrected chi connectivity index (χ4v) is 2.09. The second-order valence-electron chi connectivity index (χ2n) is 3.73. The standard InChI is InChI=1S/C9H10ClN5O3/c10-7-6-8(14-9(11)13-7)12-3-15(6)4-2-17-5(1-16)18-4/h3-5,16H,1-2H2,(H2,11,13,14)/t4-,5+/m0/s1. The van der Waals surface area contributed by atoms with E-state index in [2.05, 4.69) is 15.0 Å². The number of hydrogen-bond acceptors (Lipinski definition) is 7. The van der Waals surface area contributed by atoms with Gasteiger partial charge in [-0.2, -0.15) is 9.97 Å². The minimum absolute atomic E-state index is 0.0644. The Kier molecular flexibility index (Phi) is 2.78. The molecule has 1 fully saturated rings. The Balaban J connectivity index is 2.03. The first-order valence-electron chi connectivity index (χ1n) is 5.22. The van der Waals surface area contributed by atoms with Crippen molar-refractivity contribution in [2.45, 2.75) is 12.5 Å². The Hall–Kier alpha value is -1.48. The number of nitrogen functional groups attached to an aromatic ring is 1. The molecule has 8 nitrogen and oxygen atoms in total. The van der Waals surface area contributed by atoms with Crippen LogP contribution in [0.15, 0.2) is 6.33 Å². The maximum absolute atomic E-state index is 8.94.